The Labute approximate surface area is 125 Å². The van der Waals surface area contributed by atoms with Crippen LogP contribution < -0.4 is 0 Å². The number of carboxylic acids is 1. The maximum Gasteiger partial charge on any atom is 0.313 e. The Kier molecular flexibility index (Phi) is 4.63. The van der Waals surface area contributed by atoms with E-state index < -0.39 is 15.8 Å². The second-order valence-corrected chi connectivity index (χ2v) is 7.40. The highest BCUT2D eigenvalue weighted by Crippen LogP contribution is 2.22. The quantitative estimate of drug-likeness (QED) is 0.789. The van der Waals surface area contributed by atoms with E-state index in [1.165, 1.54) is 0 Å². The van der Waals surface area contributed by atoms with E-state index >= 15 is 0 Å². The first-order chi connectivity index (χ1) is 9.87. The first-order valence-corrected chi connectivity index (χ1v) is 8.93. The first-order valence-electron chi connectivity index (χ1n) is 5.89. The molecule has 0 radical (unpaired) electrons. The minimum atomic E-state index is -3.27. The number of thioether (sulfide) groups is 1. The molecule has 1 heterocycles. The second-order valence-electron chi connectivity index (χ2n) is 4.32. The van der Waals surface area contributed by atoms with Crippen molar-refractivity contribution < 1.29 is 18.3 Å². The van der Waals surface area contributed by atoms with E-state index in [9.17, 15) is 13.2 Å². The number of para-hydroxylation sites is 1. The van der Waals surface area contributed by atoms with E-state index in [2.05, 4.69) is 10.2 Å². The lowest BCUT2D eigenvalue weighted by atomic mass is 10.3. The summed E-state index contributed by atoms with van der Waals surface area (Å²) in [4.78, 5) is 10.7. The summed E-state index contributed by atoms with van der Waals surface area (Å²) in [6.07, 6.45) is 1.11. The Morgan fingerprint density at radius 3 is 2.52 bits per heavy atom. The summed E-state index contributed by atoms with van der Waals surface area (Å²) in [7, 11) is -3.27. The third-order valence-corrected chi connectivity index (χ3v) is 4.13. The highest BCUT2D eigenvalue weighted by Gasteiger charge is 2.18. The molecule has 0 aliphatic heterocycles. The number of carboxylic acid groups (broad SMARTS) is 1. The molecule has 0 saturated heterocycles. The van der Waals surface area contributed by atoms with Gasteiger partial charge >= 0.3 is 5.97 Å². The summed E-state index contributed by atoms with van der Waals surface area (Å²) in [5, 5.41) is 16.9. The lowest BCUT2D eigenvalue weighted by Gasteiger charge is -2.09. The average molecular weight is 327 g/mol. The molecule has 0 atom stereocenters. The molecule has 21 heavy (non-hydrogen) atoms. The largest absolute Gasteiger partial charge is 0.481 e. The van der Waals surface area contributed by atoms with E-state index in [-0.39, 0.29) is 17.3 Å². The van der Waals surface area contributed by atoms with Gasteiger partial charge in [0, 0.05) is 11.9 Å². The summed E-state index contributed by atoms with van der Waals surface area (Å²) < 4.78 is 24.5. The molecule has 0 bridgehead atoms. The number of hydrogen-bond acceptors (Lipinski definition) is 6. The number of aliphatic carboxylic acids is 1. The van der Waals surface area contributed by atoms with Crippen molar-refractivity contribution in [2.24, 2.45) is 0 Å². The van der Waals surface area contributed by atoms with Crippen LogP contribution in [0, 0.1) is 0 Å². The lowest BCUT2D eigenvalue weighted by molar-refractivity contribution is -0.133. The van der Waals surface area contributed by atoms with Gasteiger partial charge in [-0.1, -0.05) is 30.0 Å². The number of carbonyl (C=O) groups is 1. The highest BCUT2D eigenvalue weighted by molar-refractivity contribution is 7.99. The third kappa shape index (κ3) is 4.30. The van der Waals surface area contributed by atoms with E-state index in [4.69, 9.17) is 5.11 Å². The molecule has 9 heteroatoms. The Morgan fingerprint density at radius 2 is 1.95 bits per heavy atom. The molecular formula is C12H13N3O4S2. The number of sulfone groups is 1. The summed E-state index contributed by atoms with van der Waals surface area (Å²) in [5.41, 5.74) is 0.689. The van der Waals surface area contributed by atoms with Crippen molar-refractivity contribution in [3.8, 4) is 5.69 Å². The van der Waals surface area contributed by atoms with Gasteiger partial charge < -0.3 is 5.11 Å². The zero-order valence-corrected chi connectivity index (χ0v) is 12.8. The third-order valence-electron chi connectivity index (χ3n) is 2.43. The van der Waals surface area contributed by atoms with Crippen LogP contribution >= 0.6 is 11.8 Å². The molecule has 0 saturated carbocycles. The average Bonchev–Trinajstić information content (AvgIpc) is 2.78. The van der Waals surface area contributed by atoms with Gasteiger partial charge in [-0.05, 0) is 12.1 Å². The van der Waals surface area contributed by atoms with Crippen LogP contribution in [0.25, 0.3) is 5.69 Å². The van der Waals surface area contributed by atoms with E-state index in [0.29, 0.717) is 10.8 Å². The first kappa shape index (κ1) is 15.5. The minimum absolute atomic E-state index is 0.177. The zero-order valence-electron chi connectivity index (χ0n) is 11.1. The lowest BCUT2D eigenvalue weighted by Crippen LogP contribution is -2.09. The van der Waals surface area contributed by atoms with Crippen LogP contribution in [0.1, 0.15) is 5.82 Å². The summed E-state index contributed by atoms with van der Waals surface area (Å²) in [5.74, 6) is -1.16. The van der Waals surface area contributed by atoms with Gasteiger partial charge in [0.1, 0.15) is 5.75 Å². The van der Waals surface area contributed by atoms with E-state index in [0.717, 1.165) is 18.0 Å². The number of hydrogen-bond donors (Lipinski definition) is 1. The van der Waals surface area contributed by atoms with Crippen molar-refractivity contribution in [1.82, 2.24) is 14.8 Å². The van der Waals surface area contributed by atoms with Crippen LogP contribution in [0.5, 0.6) is 0 Å². The number of nitrogens with zero attached hydrogens (tertiary/aromatic N) is 3. The molecule has 1 aromatic heterocycles. The molecule has 0 amide bonds. The Bertz CT molecular complexity index is 741. The van der Waals surface area contributed by atoms with Gasteiger partial charge in [0.05, 0.1) is 5.75 Å². The zero-order chi connectivity index (χ0) is 15.5. The van der Waals surface area contributed by atoms with Crippen molar-refractivity contribution >= 4 is 27.6 Å². The topological polar surface area (TPSA) is 102 Å². The van der Waals surface area contributed by atoms with Gasteiger partial charge in [0.2, 0.25) is 0 Å². The van der Waals surface area contributed by atoms with E-state index in [1.807, 2.05) is 6.07 Å². The molecule has 7 nitrogen and oxygen atoms in total. The Morgan fingerprint density at radius 1 is 1.29 bits per heavy atom. The normalized spacial score (nSPS) is 11.5. The molecule has 2 aromatic rings. The molecule has 0 unspecified atom stereocenters. The summed E-state index contributed by atoms with van der Waals surface area (Å²) >= 11 is 0.992. The number of benzene rings is 1. The van der Waals surface area contributed by atoms with Gasteiger partial charge in [0.15, 0.2) is 20.8 Å². The van der Waals surface area contributed by atoms with Crippen LogP contribution in [-0.4, -0.2) is 46.3 Å². The van der Waals surface area contributed by atoms with E-state index in [1.54, 1.807) is 28.8 Å². The van der Waals surface area contributed by atoms with Crippen LogP contribution in [0.15, 0.2) is 35.5 Å². The summed E-state index contributed by atoms with van der Waals surface area (Å²) in [6, 6.07) is 8.98. The fourth-order valence-electron chi connectivity index (χ4n) is 1.68. The molecule has 1 aromatic carbocycles. The monoisotopic (exact) mass is 327 g/mol. The highest BCUT2D eigenvalue weighted by atomic mass is 32.2. The molecule has 0 fully saturated rings. The smallest absolute Gasteiger partial charge is 0.313 e. The minimum Gasteiger partial charge on any atom is -0.481 e. The second kappa shape index (κ2) is 6.27. The van der Waals surface area contributed by atoms with Gasteiger partial charge in [0.25, 0.3) is 0 Å². The van der Waals surface area contributed by atoms with Gasteiger partial charge in [-0.25, -0.2) is 8.42 Å². The van der Waals surface area contributed by atoms with Crippen molar-refractivity contribution in [2.45, 2.75) is 10.9 Å². The Balaban J connectivity index is 2.45. The van der Waals surface area contributed by atoms with Crippen LogP contribution in [0.3, 0.4) is 0 Å². The molecule has 0 spiro atoms. The van der Waals surface area contributed by atoms with Crippen molar-refractivity contribution in [1.29, 1.82) is 0 Å². The van der Waals surface area contributed by atoms with Gasteiger partial charge in [-0.3, -0.25) is 9.36 Å². The molecule has 2 rings (SSSR count). The fourth-order valence-corrected chi connectivity index (χ4v) is 3.03. The standard InChI is InChI=1S/C12H13N3O4S2/c1-21(18,19)8-10-13-14-12(20-7-11(16)17)15(10)9-5-3-2-4-6-9/h2-6H,7-8H2,1H3,(H,16,17). The van der Waals surface area contributed by atoms with Crippen LogP contribution in [0.2, 0.25) is 0 Å². The predicted molar refractivity (Wildman–Crippen MR) is 78.3 cm³/mol. The van der Waals surface area contributed by atoms with Crippen LogP contribution in [-0.2, 0) is 20.4 Å². The maximum atomic E-state index is 11.5. The van der Waals surface area contributed by atoms with Gasteiger partial charge in [-0.15, -0.1) is 10.2 Å². The maximum absolute atomic E-state index is 11.5. The Hall–Kier alpha value is -1.87. The predicted octanol–water partition coefficient (Wildman–Crippen LogP) is 0.989. The molecule has 1 N–H and O–H groups in total. The molecule has 0 aliphatic carbocycles. The van der Waals surface area contributed by atoms with Crippen molar-refractivity contribution in [3.05, 3.63) is 36.2 Å². The van der Waals surface area contributed by atoms with Crippen molar-refractivity contribution in [3.63, 3.8) is 0 Å². The molecular weight excluding hydrogens is 314 g/mol. The summed E-state index contributed by atoms with van der Waals surface area (Å²) in [6.45, 7) is 0. The molecule has 112 valence electrons. The molecule has 0 aliphatic rings. The van der Waals surface area contributed by atoms with Crippen molar-refractivity contribution in [2.75, 3.05) is 12.0 Å². The fraction of sp³-hybridized carbons (Fsp3) is 0.250. The SMILES string of the molecule is CS(=O)(=O)Cc1nnc(SCC(=O)O)n1-c1ccccc1. The van der Waals surface area contributed by atoms with Crippen LogP contribution in [0.4, 0.5) is 0 Å². The van der Waals surface area contributed by atoms with Gasteiger partial charge in [-0.2, -0.15) is 0 Å². The number of rotatable bonds is 6. The number of aromatic nitrogens is 3.